The topological polar surface area (TPSA) is 141 Å². The van der Waals surface area contributed by atoms with E-state index in [9.17, 15) is 9.90 Å². The van der Waals surface area contributed by atoms with Crippen molar-refractivity contribution in [3.63, 3.8) is 0 Å². The highest BCUT2D eigenvalue weighted by molar-refractivity contribution is 5.93. The third-order valence-corrected chi connectivity index (χ3v) is 5.83. The molecular formula is C23H31N7O4. The summed E-state index contributed by atoms with van der Waals surface area (Å²) in [5, 5.41) is 17.3. The summed E-state index contributed by atoms with van der Waals surface area (Å²) in [5.41, 5.74) is 9.07. The lowest BCUT2D eigenvalue weighted by Gasteiger charge is -2.27. The molecule has 2 aromatic heterocycles. The normalized spacial score (nSPS) is 14.4. The van der Waals surface area contributed by atoms with E-state index < -0.39 is 6.09 Å². The Morgan fingerprint density at radius 2 is 2.06 bits per heavy atom. The van der Waals surface area contributed by atoms with Gasteiger partial charge in [-0.1, -0.05) is 25.5 Å². The van der Waals surface area contributed by atoms with Crippen molar-refractivity contribution in [2.45, 2.75) is 32.7 Å². The van der Waals surface area contributed by atoms with Gasteiger partial charge in [0.25, 0.3) is 0 Å². The van der Waals surface area contributed by atoms with Crippen LogP contribution in [0.5, 0.6) is 11.8 Å². The van der Waals surface area contributed by atoms with Gasteiger partial charge in [0.05, 0.1) is 19.4 Å². The second kappa shape index (κ2) is 10.7. The zero-order valence-corrected chi connectivity index (χ0v) is 19.6. The SMILES string of the molecule is CCCCOc1nc(N)c2c(n1)c(Cc1ccc(CN3CCNCC3)cc1OC)nn2C(=O)O. The number of carbonyl (C=O) groups is 1. The number of nitrogens with zero attached hydrogens (tertiary/aromatic N) is 5. The van der Waals surface area contributed by atoms with E-state index >= 15 is 0 Å². The summed E-state index contributed by atoms with van der Waals surface area (Å²) in [7, 11) is 1.63. The van der Waals surface area contributed by atoms with Crippen molar-refractivity contribution in [3.05, 3.63) is 35.0 Å². The molecule has 0 amide bonds. The van der Waals surface area contributed by atoms with Gasteiger partial charge >= 0.3 is 12.1 Å². The van der Waals surface area contributed by atoms with Crippen molar-refractivity contribution in [3.8, 4) is 11.8 Å². The Bertz CT molecular complexity index is 1160. The summed E-state index contributed by atoms with van der Waals surface area (Å²) in [6, 6.07) is 6.20. The Hall–Kier alpha value is -3.44. The number of rotatable bonds is 9. The minimum absolute atomic E-state index is 0.0102. The molecule has 0 spiro atoms. The van der Waals surface area contributed by atoms with Crippen LogP contribution < -0.4 is 20.5 Å². The van der Waals surface area contributed by atoms with Crippen LogP contribution in [0.15, 0.2) is 18.2 Å². The van der Waals surface area contributed by atoms with Crippen molar-refractivity contribution in [2.75, 3.05) is 45.6 Å². The van der Waals surface area contributed by atoms with Crippen LogP contribution in [0, 0.1) is 0 Å². The molecule has 3 aromatic rings. The quantitative estimate of drug-likeness (QED) is 0.399. The van der Waals surface area contributed by atoms with E-state index in [1.165, 1.54) is 0 Å². The van der Waals surface area contributed by atoms with Gasteiger partial charge < -0.3 is 25.6 Å². The van der Waals surface area contributed by atoms with Crippen molar-refractivity contribution in [1.82, 2.24) is 30.0 Å². The van der Waals surface area contributed by atoms with Gasteiger partial charge in [0.2, 0.25) is 0 Å². The highest BCUT2D eigenvalue weighted by Gasteiger charge is 2.22. The first kappa shape index (κ1) is 23.7. The van der Waals surface area contributed by atoms with E-state index in [2.05, 4.69) is 38.3 Å². The van der Waals surface area contributed by atoms with E-state index in [-0.39, 0.29) is 17.3 Å². The number of fused-ring (bicyclic) bond motifs is 1. The highest BCUT2D eigenvalue weighted by Crippen LogP contribution is 2.29. The third kappa shape index (κ3) is 5.20. The first-order valence-electron chi connectivity index (χ1n) is 11.5. The lowest BCUT2D eigenvalue weighted by Crippen LogP contribution is -2.42. The number of hydrogen-bond donors (Lipinski definition) is 3. The molecule has 0 aliphatic carbocycles. The molecule has 1 fully saturated rings. The number of nitrogens with two attached hydrogens (primary N) is 1. The van der Waals surface area contributed by atoms with Crippen LogP contribution in [-0.4, -0.2) is 75.7 Å². The van der Waals surface area contributed by atoms with E-state index in [0.29, 0.717) is 30.0 Å². The van der Waals surface area contributed by atoms with Crippen LogP contribution in [0.3, 0.4) is 0 Å². The Labute approximate surface area is 197 Å². The van der Waals surface area contributed by atoms with Gasteiger partial charge in [-0.2, -0.15) is 19.7 Å². The molecule has 3 heterocycles. The number of unbranched alkanes of at least 4 members (excludes halogenated alkanes) is 1. The fourth-order valence-corrected chi connectivity index (χ4v) is 4.05. The maximum absolute atomic E-state index is 11.8. The molecule has 0 atom stereocenters. The van der Waals surface area contributed by atoms with Gasteiger partial charge in [0.1, 0.15) is 16.8 Å². The van der Waals surface area contributed by atoms with Crippen LogP contribution in [0.25, 0.3) is 11.0 Å². The largest absolute Gasteiger partial charge is 0.496 e. The van der Waals surface area contributed by atoms with Gasteiger partial charge in [0, 0.05) is 44.7 Å². The van der Waals surface area contributed by atoms with E-state index in [4.69, 9.17) is 15.2 Å². The Morgan fingerprint density at radius 3 is 2.76 bits per heavy atom. The molecule has 1 aliphatic rings. The first-order chi connectivity index (χ1) is 16.5. The van der Waals surface area contributed by atoms with Gasteiger partial charge in [0.15, 0.2) is 5.82 Å². The van der Waals surface area contributed by atoms with Gasteiger partial charge in [-0.3, -0.25) is 4.90 Å². The fourth-order valence-electron chi connectivity index (χ4n) is 4.05. The number of methoxy groups -OCH3 is 1. The summed E-state index contributed by atoms with van der Waals surface area (Å²) in [6.07, 6.45) is 0.868. The summed E-state index contributed by atoms with van der Waals surface area (Å²) >= 11 is 0. The van der Waals surface area contributed by atoms with Gasteiger partial charge in [-0.25, -0.2) is 4.79 Å². The maximum atomic E-state index is 11.8. The van der Waals surface area contributed by atoms with Crippen LogP contribution >= 0.6 is 0 Å². The number of carboxylic acid groups (broad SMARTS) is 1. The number of piperazine rings is 1. The van der Waals surface area contributed by atoms with Crippen molar-refractivity contribution in [2.24, 2.45) is 0 Å². The molecule has 1 saturated heterocycles. The maximum Gasteiger partial charge on any atom is 0.432 e. The number of anilines is 1. The lowest BCUT2D eigenvalue weighted by atomic mass is 10.0. The van der Waals surface area contributed by atoms with E-state index in [1.54, 1.807) is 7.11 Å². The summed E-state index contributed by atoms with van der Waals surface area (Å²) in [4.78, 5) is 22.8. The molecular weight excluding hydrogens is 438 g/mol. The molecule has 11 heteroatoms. The zero-order valence-electron chi connectivity index (χ0n) is 19.6. The minimum atomic E-state index is -1.26. The molecule has 34 heavy (non-hydrogen) atoms. The Morgan fingerprint density at radius 1 is 1.26 bits per heavy atom. The monoisotopic (exact) mass is 469 g/mol. The van der Waals surface area contributed by atoms with Crippen molar-refractivity contribution >= 4 is 22.9 Å². The summed E-state index contributed by atoms with van der Waals surface area (Å²) < 4.78 is 12.1. The summed E-state index contributed by atoms with van der Waals surface area (Å²) in [6.45, 7) is 7.34. The van der Waals surface area contributed by atoms with Gasteiger partial charge in [-0.05, 0) is 18.1 Å². The molecule has 0 unspecified atom stereocenters. The average Bonchev–Trinajstić information content (AvgIpc) is 3.20. The van der Waals surface area contributed by atoms with Crippen molar-refractivity contribution in [1.29, 1.82) is 0 Å². The van der Waals surface area contributed by atoms with Crippen LogP contribution in [-0.2, 0) is 13.0 Å². The van der Waals surface area contributed by atoms with Gasteiger partial charge in [-0.15, -0.1) is 0 Å². The lowest BCUT2D eigenvalue weighted by molar-refractivity contribution is 0.194. The third-order valence-electron chi connectivity index (χ3n) is 5.83. The molecule has 182 valence electrons. The number of benzene rings is 1. The predicted octanol–water partition coefficient (Wildman–Crippen LogP) is 2.12. The number of aromatic nitrogens is 4. The molecule has 0 radical (unpaired) electrons. The smallest absolute Gasteiger partial charge is 0.432 e. The van der Waals surface area contributed by atoms with Crippen LogP contribution in [0.4, 0.5) is 10.6 Å². The Kier molecular flexibility index (Phi) is 7.43. The molecule has 0 saturated carbocycles. The number of hydrogen-bond acceptors (Lipinski definition) is 9. The number of ether oxygens (including phenoxy) is 2. The second-order valence-corrected chi connectivity index (χ2v) is 8.28. The standard InChI is InChI=1S/C23H31N7O4/c1-3-4-11-34-22-26-19-17(28-30(23(31)32)20(19)21(24)27-22)13-16-6-5-15(12-18(16)33-2)14-29-9-7-25-8-10-29/h5-6,12,25H,3-4,7-11,13-14H2,1-2H3,(H,31,32)(H2,24,26,27). The van der Waals surface area contributed by atoms with Crippen molar-refractivity contribution < 1.29 is 19.4 Å². The van der Waals surface area contributed by atoms with E-state index in [0.717, 1.165) is 61.4 Å². The molecule has 0 bridgehead atoms. The number of nitrogens with one attached hydrogen (secondary N) is 1. The molecule has 1 aliphatic heterocycles. The van der Waals surface area contributed by atoms with E-state index in [1.807, 2.05) is 12.1 Å². The molecule has 4 rings (SSSR count). The summed E-state index contributed by atoms with van der Waals surface area (Å²) in [5.74, 6) is 0.725. The fraction of sp³-hybridized carbons (Fsp3) is 0.478. The number of nitrogen functional groups attached to an aromatic ring is 1. The predicted molar refractivity (Wildman–Crippen MR) is 128 cm³/mol. The molecule has 1 aromatic carbocycles. The molecule has 11 nitrogen and oxygen atoms in total. The van der Waals surface area contributed by atoms with Crippen LogP contribution in [0.2, 0.25) is 0 Å². The Balaban J connectivity index is 1.65. The second-order valence-electron chi connectivity index (χ2n) is 8.28. The highest BCUT2D eigenvalue weighted by atomic mass is 16.5. The first-order valence-corrected chi connectivity index (χ1v) is 11.5. The average molecular weight is 470 g/mol. The zero-order chi connectivity index (χ0) is 24.1. The minimum Gasteiger partial charge on any atom is -0.496 e. The molecule has 4 N–H and O–H groups in total. The van der Waals surface area contributed by atoms with Crippen LogP contribution in [0.1, 0.15) is 36.6 Å².